The molecule has 2 heteroatoms. The lowest BCUT2D eigenvalue weighted by molar-refractivity contribution is 0.608. The minimum atomic E-state index is -0.632. The molecule has 0 aliphatic heterocycles. The van der Waals surface area contributed by atoms with Crippen LogP contribution in [0.5, 0.6) is 0 Å². The van der Waals surface area contributed by atoms with Crippen LogP contribution in [-0.4, -0.2) is 0 Å². The maximum Gasteiger partial charge on any atom is 0.136 e. The second-order valence-electron chi connectivity index (χ2n) is 3.38. The summed E-state index contributed by atoms with van der Waals surface area (Å²) in [6.45, 7) is 10.3. The first-order valence-corrected chi connectivity index (χ1v) is 4.24. The van der Waals surface area contributed by atoms with Crippen LogP contribution in [0.4, 0.5) is 8.78 Å². The molecular formula is C12H12F2. The zero-order chi connectivity index (χ0) is 10.9. The quantitative estimate of drug-likeness (QED) is 0.643. The lowest BCUT2D eigenvalue weighted by atomic mass is 10.1. The molecular weight excluding hydrogens is 182 g/mol. The molecule has 0 saturated heterocycles. The summed E-state index contributed by atoms with van der Waals surface area (Å²) >= 11 is 0. The molecule has 1 aromatic rings. The number of allylic oxidation sites excluding steroid dienone is 1. The summed E-state index contributed by atoms with van der Waals surface area (Å²) in [4.78, 5) is 0. The highest BCUT2D eigenvalue weighted by molar-refractivity contribution is 5.55. The lowest BCUT2D eigenvalue weighted by Crippen LogP contribution is -2.29. The molecule has 0 bridgehead atoms. The van der Waals surface area contributed by atoms with Crippen molar-refractivity contribution in [3.8, 4) is 0 Å². The number of hydrogen-bond acceptors (Lipinski definition) is 0. The van der Waals surface area contributed by atoms with Crippen molar-refractivity contribution >= 4 is 12.4 Å². The van der Waals surface area contributed by atoms with Gasteiger partial charge in [0.25, 0.3) is 0 Å². The fourth-order valence-corrected chi connectivity index (χ4v) is 1.27. The molecule has 1 rings (SSSR count). The van der Waals surface area contributed by atoms with E-state index in [4.69, 9.17) is 0 Å². The second-order valence-corrected chi connectivity index (χ2v) is 3.38. The Kier molecular flexibility index (Phi) is 2.84. The van der Waals surface area contributed by atoms with Gasteiger partial charge in [0.15, 0.2) is 0 Å². The molecule has 0 aromatic heterocycles. The first kappa shape index (κ1) is 10.6. The summed E-state index contributed by atoms with van der Waals surface area (Å²) in [7, 11) is 0. The number of rotatable bonds is 1. The normalized spacial score (nSPS) is 12.6. The molecule has 0 radical (unpaired) electrons. The Morgan fingerprint density at radius 1 is 1.36 bits per heavy atom. The zero-order valence-electron chi connectivity index (χ0n) is 8.32. The number of hydrogen-bond donors (Lipinski definition) is 0. The van der Waals surface area contributed by atoms with Gasteiger partial charge in [-0.05, 0) is 36.3 Å². The zero-order valence-corrected chi connectivity index (χ0v) is 8.32. The molecule has 0 aliphatic carbocycles. The average molecular weight is 194 g/mol. The molecule has 0 atom stereocenters. The van der Waals surface area contributed by atoms with Gasteiger partial charge in [-0.1, -0.05) is 19.2 Å². The van der Waals surface area contributed by atoms with E-state index in [-0.39, 0.29) is 10.8 Å². The predicted octanol–water partition coefficient (Wildman–Crippen LogP) is 2.20. The maximum atomic E-state index is 13.4. The third-order valence-electron chi connectivity index (χ3n) is 1.91. The molecule has 0 nitrogen and oxygen atoms in total. The molecule has 0 aliphatic rings. The van der Waals surface area contributed by atoms with Crippen molar-refractivity contribution in [3.63, 3.8) is 0 Å². The Balaban J connectivity index is 3.75. The van der Waals surface area contributed by atoms with Crippen molar-refractivity contribution in [3.05, 3.63) is 46.1 Å². The monoisotopic (exact) mass is 194 g/mol. The standard InChI is InChI=1S/C12H12F2/c1-7(2)12(14)11-9(4)5-8(3)6-10(11)13/h5-6H,1,4H2,2-3H3/b12-11-. The molecule has 0 N–H and O–H groups in total. The maximum absolute atomic E-state index is 13.4. The first-order valence-electron chi connectivity index (χ1n) is 4.24. The van der Waals surface area contributed by atoms with Gasteiger partial charge in [-0.2, -0.15) is 0 Å². The fraction of sp³-hybridized carbons (Fsp3) is 0.167. The van der Waals surface area contributed by atoms with E-state index in [1.807, 2.05) is 0 Å². The minimum absolute atomic E-state index is 0.0805. The summed E-state index contributed by atoms with van der Waals surface area (Å²) in [5.74, 6) is -1.22. The van der Waals surface area contributed by atoms with Crippen LogP contribution in [0.3, 0.4) is 0 Å². The smallest absolute Gasteiger partial charge is 0.136 e. The largest absolute Gasteiger partial charge is 0.206 e. The highest BCUT2D eigenvalue weighted by Gasteiger charge is 2.04. The molecule has 0 heterocycles. The number of halogens is 2. The topological polar surface area (TPSA) is 0 Å². The molecule has 0 fully saturated rings. The van der Waals surface area contributed by atoms with Crippen LogP contribution in [0.2, 0.25) is 0 Å². The van der Waals surface area contributed by atoms with Crippen molar-refractivity contribution in [1.82, 2.24) is 0 Å². The Hall–Kier alpha value is -1.44. The van der Waals surface area contributed by atoms with Gasteiger partial charge in [-0.15, -0.1) is 0 Å². The molecule has 0 saturated carbocycles. The average Bonchev–Trinajstić information content (AvgIpc) is 2.01. The Labute approximate surface area is 81.9 Å². The predicted molar refractivity (Wildman–Crippen MR) is 55.2 cm³/mol. The summed E-state index contributed by atoms with van der Waals surface area (Å²) in [5.41, 5.74) is 0.934. The summed E-state index contributed by atoms with van der Waals surface area (Å²) < 4.78 is 26.8. The van der Waals surface area contributed by atoms with Crippen molar-refractivity contribution in [2.45, 2.75) is 13.8 Å². The highest BCUT2D eigenvalue weighted by Crippen LogP contribution is 2.07. The van der Waals surface area contributed by atoms with E-state index in [1.165, 1.54) is 13.0 Å². The van der Waals surface area contributed by atoms with E-state index in [2.05, 4.69) is 13.2 Å². The molecule has 74 valence electrons. The molecule has 0 unspecified atom stereocenters. The Bertz CT molecular complexity index is 484. The van der Waals surface area contributed by atoms with Gasteiger partial charge in [-0.3, -0.25) is 0 Å². The SMILES string of the molecule is C=C(C)/C(F)=c1/c(F)cc(C)cc1=C. The Morgan fingerprint density at radius 3 is 2.36 bits per heavy atom. The van der Waals surface area contributed by atoms with E-state index in [1.54, 1.807) is 13.0 Å². The molecule has 0 amide bonds. The van der Waals surface area contributed by atoms with E-state index in [0.717, 1.165) is 5.56 Å². The molecule has 0 spiro atoms. The van der Waals surface area contributed by atoms with Crippen LogP contribution < -0.4 is 10.4 Å². The summed E-state index contributed by atoms with van der Waals surface area (Å²) in [6.07, 6.45) is 0. The van der Waals surface area contributed by atoms with Crippen molar-refractivity contribution < 1.29 is 8.78 Å². The minimum Gasteiger partial charge on any atom is -0.206 e. The van der Waals surface area contributed by atoms with Gasteiger partial charge in [0.1, 0.15) is 11.6 Å². The summed E-state index contributed by atoms with van der Waals surface area (Å²) in [5, 5.41) is 0.270. The van der Waals surface area contributed by atoms with E-state index < -0.39 is 11.6 Å². The molecule has 1 aromatic carbocycles. The molecule has 14 heavy (non-hydrogen) atoms. The number of benzene rings is 1. The fourth-order valence-electron chi connectivity index (χ4n) is 1.27. The highest BCUT2D eigenvalue weighted by atomic mass is 19.1. The second kappa shape index (κ2) is 3.74. The van der Waals surface area contributed by atoms with Crippen LogP contribution >= 0.6 is 0 Å². The van der Waals surface area contributed by atoms with Crippen LogP contribution in [0, 0.1) is 12.7 Å². The van der Waals surface area contributed by atoms with Gasteiger partial charge < -0.3 is 0 Å². The van der Waals surface area contributed by atoms with Gasteiger partial charge in [0, 0.05) is 0 Å². The van der Waals surface area contributed by atoms with E-state index in [0.29, 0.717) is 5.22 Å². The first-order chi connectivity index (χ1) is 6.43. The third kappa shape index (κ3) is 1.90. The lowest BCUT2D eigenvalue weighted by Gasteiger charge is -1.99. The third-order valence-corrected chi connectivity index (χ3v) is 1.91. The van der Waals surface area contributed by atoms with Crippen LogP contribution in [0.1, 0.15) is 12.5 Å². The van der Waals surface area contributed by atoms with Crippen LogP contribution in [0.25, 0.3) is 12.4 Å². The van der Waals surface area contributed by atoms with E-state index >= 15 is 0 Å². The van der Waals surface area contributed by atoms with Crippen molar-refractivity contribution in [2.75, 3.05) is 0 Å². The van der Waals surface area contributed by atoms with Gasteiger partial charge in [0.2, 0.25) is 0 Å². The van der Waals surface area contributed by atoms with Crippen LogP contribution in [0.15, 0.2) is 24.3 Å². The Morgan fingerprint density at radius 2 is 1.93 bits per heavy atom. The van der Waals surface area contributed by atoms with E-state index in [9.17, 15) is 8.78 Å². The van der Waals surface area contributed by atoms with Crippen molar-refractivity contribution in [1.29, 1.82) is 0 Å². The van der Waals surface area contributed by atoms with Crippen molar-refractivity contribution in [2.24, 2.45) is 0 Å². The van der Waals surface area contributed by atoms with Gasteiger partial charge >= 0.3 is 0 Å². The van der Waals surface area contributed by atoms with Gasteiger partial charge in [-0.25, -0.2) is 8.78 Å². The van der Waals surface area contributed by atoms with Gasteiger partial charge in [0.05, 0.1) is 5.22 Å². The van der Waals surface area contributed by atoms with Crippen LogP contribution in [-0.2, 0) is 0 Å². The summed E-state index contributed by atoms with van der Waals surface area (Å²) in [6, 6.07) is 2.92. The number of aryl methyl sites for hydroxylation is 1.